The summed E-state index contributed by atoms with van der Waals surface area (Å²) in [6, 6.07) is -0.989. The van der Waals surface area contributed by atoms with Gasteiger partial charge >= 0.3 is 0 Å². The van der Waals surface area contributed by atoms with Gasteiger partial charge in [0.25, 0.3) is 0 Å². The van der Waals surface area contributed by atoms with Gasteiger partial charge in [0.2, 0.25) is 5.91 Å². The average Bonchev–Trinajstić information content (AvgIpc) is 0.783. The molecule has 0 aliphatic carbocycles. The van der Waals surface area contributed by atoms with Crippen LogP contribution in [0.5, 0.6) is 0 Å². The molecule has 3 heterocycles. The first-order chi connectivity index (χ1) is 50.8. The Hall–Kier alpha value is -1.73. The molecule has 0 radical (unpaired) electrons. The van der Waals surface area contributed by atoms with Crippen molar-refractivity contribution in [2.24, 2.45) is 0 Å². The number of aliphatic hydroxyl groups excluding tert-OH is 11. The van der Waals surface area contributed by atoms with E-state index >= 15 is 0 Å². The van der Waals surface area contributed by atoms with Gasteiger partial charge < -0.3 is 89.9 Å². The van der Waals surface area contributed by atoms with E-state index in [0.29, 0.717) is 12.8 Å². The average molecular weight is 1490 g/mol. The van der Waals surface area contributed by atoms with Gasteiger partial charge in [-0.15, -0.1) is 0 Å². The predicted molar refractivity (Wildman–Crippen MR) is 416 cm³/mol. The van der Waals surface area contributed by atoms with Gasteiger partial charge in [-0.05, 0) is 32.1 Å². The van der Waals surface area contributed by atoms with E-state index in [0.717, 1.165) is 38.5 Å². The fraction of sp³-hybridized carbons (Fsp3) is 0.941. The number of allylic oxidation sites excluding steroid dienone is 3. The van der Waals surface area contributed by atoms with Crippen molar-refractivity contribution >= 4 is 5.91 Å². The van der Waals surface area contributed by atoms with Crippen molar-refractivity contribution in [2.75, 3.05) is 26.4 Å². The van der Waals surface area contributed by atoms with E-state index in [1.807, 2.05) is 6.08 Å². The van der Waals surface area contributed by atoms with Crippen molar-refractivity contribution in [3.8, 4) is 0 Å². The van der Waals surface area contributed by atoms with Crippen molar-refractivity contribution in [3.63, 3.8) is 0 Å². The molecule has 0 aromatic carbocycles. The van der Waals surface area contributed by atoms with Gasteiger partial charge in [0.15, 0.2) is 18.9 Å². The molecule has 104 heavy (non-hydrogen) atoms. The van der Waals surface area contributed by atoms with Crippen LogP contribution in [0, 0.1) is 0 Å². The predicted octanol–water partition coefficient (Wildman–Crippen LogP) is 15.7. The summed E-state index contributed by atoms with van der Waals surface area (Å²) in [5, 5.41) is 121. The summed E-state index contributed by atoms with van der Waals surface area (Å²) in [5.41, 5.74) is 0. The minimum atomic E-state index is -1.98. The van der Waals surface area contributed by atoms with E-state index < -0.39 is 124 Å². The molecule has 0 bridgehead atoms. The van der Waals surface area contributed by atoms with Crippen molar-refractivity contribution in [1.29, 1.82) is 0 Å². The highest BCUT2D eigenvalue weighted by atomic mass is 16.8. The molecule has 3 aliphatic heterocycles. The molecule has 0 saturated carbocycles. The largest absolute Gasteiger partial charge is 0.394 e. The maximum atomic E-state index is 13.5. The summed E-state index contributed by atoms with van der Waals surface area (Å²) in [5.74, 6) is -0.276. The number of hydrogen-bond donors (Lipinski definition) is 12. The van der Waals surface area contributed by atoms with Gasteiger partial charge in [0.05, 0.1) is 38.6 Å². The first-order valence-electron chi connectivity index (χ1n) is 43.6. The highest BCUT2D eigenvalue weighted by molar-refractivity contribution is 5.76. The zero-order valence-electron chi connectivity index (χ0n) is 66.0. The number of aliphatic hydroxyl groups is 11. The first kappa shape index (κ1) is 96.5. The molecule has 1 amide bonds. The maximum absolute atomic E-state index is 13.5. The van der Waals surface area contributed by atoms with Crippen molar-refractivity contribution < 1.29 is 89.4 Å². The van der Waals surface area contributed by atoms with E-state index in [2.05, 4.69) is 31.3 Å². The van der Waals surface area contributed by atoms with Crippen LogP contribution in [0.15, 0.2) is 24.3 Å². The molecule has 3 aliphatic rings. The second kappa shape index (κ2) is 65.9. The van der Waals surface area contributed by atoms with Crippen LogP contribution in [-0.2, 0) is 33.2 Å². The normalized spacial score (nSPS) is 26.0. The van der Waals surface area contributed by atoms with Crippen LogP contribution in [0.2, 0.25) is 0 Å². The highest BCUT2D eigenvalue weighted by Crippen LogP contribution is 2.34. The van der Waals surface area contributed by atoms with E-state index in [4.69, 9.17) is 28.4 Å². The fourth-order valence-corrected chi connectivity index (χ4v) is 15.0. The zero-order valence-corrected chi connectivity index (χ0v) is 66.0. The maximum Gasteiger partial charge on any atom is 0.220 e. The van der Waals surface area contributed by atoms with Crippen LogP contribution < -0.4 is 5.32 Å². The number of unbranched alkanes of at least 4 members (excludes halogenated alkanes) is 53. The summed E-state index contributed by atoms with van der Waals surface area (Å²) >= 11 is 0. The van der Waals surface area contributed by atoms with Crippen LogP contribution >= 0.6 is 0 Å². The second-order valence-electron chi connectivity index (χ2n) is 31.4. The van der Waals surface area contributed by atoms with Gasteiger partial charge in [0.1, 0.15) is 73.2 Å². The highest BCUT2D eigenvalue weighted by Gasteiger charge is 2.54. The minimum absolute atomic E-state index is 0.241. The van der Waals surface area contributed by atoms with Crippen LogP contribution in [0.3, 0.4) is 0 Å². The molecule has 614 valence electrons. The summed E-state index contributed by atoms with van der Waals surface area (Å²) in [6.45, 7) is 1.79. The molecule has 3 rings (SSSR count). The fourth-order valence-electron chi connectivity index (χ4n) is 15.0. The molecule has 0 aromatic heterocycles. The molecule has 17 atom stereocenters. The van der Waals surface area contributed by atoms with E-state index in [1.54, 1.807) is 6.08 Å². The second-order valence-corrected chi connectivity index (χ2v) is 31.4. The lowest BCUT2D eigenvalue weighted by Crippen LogP contribution is -2.66. The van der Waals surface area contributed by atoms with Crippen molar-refractivity contribution in [3.05, 3.63) is 24.3 Å². The van der Waals surface area contributed by atoms with E-state index in [-0.39, 0.29) is 18.9 Å². The lowest BCUT2D eigenvalue weighted by atomic mass is 9.96. The number of amides is 1. The standard InChI is InChI=1S/C85H161NO18/c1-3-5-7-9-11-13-15-17-19-21-23-25-27-29-31-33-34-35-37-39-41-43-45-47-49-51-53-55-57-59-61-63-73(91)86-68(69(90)62-60-58-56-54-52-50-48-46-44-42-40-38-36-32-30-28-26-24-22-20-18-16-14-12-10-8-6-4-2)67-99-83-79(97)76(94)81(71(65-88)101-83)104-85-80(98)77(95)82(72(66-89)102-85)103-84-78(96)75(93)74(92)70(64-87)100-84/h52,54,60,62,68-72,74-85,87-90,92-98H,3-51,53,55-59,61,63-67H2,1-2H3,(H,86,91)/b54-52+,62-60+. The number of hydrogen-bond acceptors (Lipinski definition) is 18. The first-order valence-corrected chi connectivity index (χ1v) is 43.6. The summed E-state index contributed by atoms with van der Waals surface area (Å²) in [6.07, 6.45) is 54.8. The smallest absolute Gasteiger partial charge is 0.220 e. The molecular weight excluding hydrogens is 1320 g/mol. The van der Waals surface area contributed by atoms with Gasteiger partial charge in [-0.25, -0.2) is 0 Å². The Bertz CT molecular complexity index is 1970. The number of rotatable bonds is 71. The molecule has 19 heteroatoms. The number of carbonyl (C=O) groups excluding carboxylic acids is 1. The van der Waals surface area contributed by atoms with Crippen LogP contribution in [0.25, 0.3) is 0 Å². The Balaban J connectivity index is 1.35. The van der Waals surface area contributed by atoms with Gasteiger partial charge in [-0.3, -0.25) is 4.79 Å². The van der Waals surface area contributed by atoms with Crippen LogP contribution in [0.1, 0.15) is 380 Å². The molecule has 0 spiro atoms. The lowest BCUT2D eigenvalue weighted by Gasteiger charge is -2.48. The SMILES string of the molecule is CCCCCCCCCCCCCCCCCCCCCCCC/C=C/CC/C=C/C(O)C(COC1OC(CO)C(OC2OC(CO)C(OC3OC(CO)C(O)C(O)C3O)C(O)C2O)C(O)C1O)NC(=O)CCCCCCCCCCCCCCCCCCCCCCCCCCCCCCCCC. The Morgan fingerprint density at radius 2 is 0.615 bits per heavy atom. The number of nitrogens with one attached hydrogen (secondary N) is 1. The summed E-state index contributed by atoms with van der Waals surface area (Å²) in [4.78, 5) is 13.5. The summed E-state index contributed by atoms with van der Waals surface area (Å²) < 4.78 is 34.5. The number of carbonyl (C=O) groups is 1. The van der Waals surface area contributed by atoms with Gasteiger partial charge in [0, 0.05) is 6.42 Å². The molecule has 3 saturated heterocycles. The van der Waals surface area contributed by atoms with E-state index in [1.165, 1.54) is 308 Å². The molecule has 12 N–H and O–H groups in total. The Kier molecular flexibility index (Phi) is 61.2. The zero-order chi connectivity index (χ0) is 75.3. The number of ether oxygens (including phenoxy) is 6. The quantitative estimate of drug-likeness (QED) is 0.0199. The Morgan fingerprint density at radius 1 is 0.337 bits per heavy atom. The topological polar surface area (TPSA) is 307 Å². The third kappa shape index (κ3) is 44.9. The third-order valence-electron chi connectivity index (χ3n) is 22.0. The lowest BCUT2D eigenvalue weighted by molar-refractivity contribution is -0.379. The summed E-state index contributed by atoms with van der Waals surface area (Å²) in [7, 11) is 0. The van der Waals surface area contributed by atoms with Crippen molar-refractivity contribution in [2.45, 2.75) is 484 Å². The molecular formula is C85H161NO18. The Morgan fingerprint density at radius 3 is 0.962 bits per heavy atom. The molecule has 17 unspecified atom stereocenters. The van der Waals surface area contributed by atoms with Crippen molar-refractivity contribution in [1.82, 2.24) is 5.32 Å². The minimum Gasteiger partial charge on any atom is -0.394 e. The Labute approximate surface area is 632 Å². The van der Waals surface area contributed by atoms with Crippen LogP contribution in [0.4, 0.5) is 0 Å². The molecule has 0 aromatic rings. The third-order valence-corrected chi connectivity index (χ3v) is 22.0. The monoisotopic (exact) mass is 1480 g/mol. The van der Waals surface area contributed by atoms with Crippen LogP contribution in [-0.4, -0.2) is 193 Å². The van der Waals surface area contributed by atoms with E-state index in [9.17, 15) is 61.0 Å². The van der Waals surface area contributed by atoms with Gasteiger partial charge in [-0.2, -0.15) is 0 Å². The molecule has 3 fully saturated rings. The van der Waals surface area contributed by atoms with Gasteiger partial charge in [-0.1, -0.05) is 366 Å². The molecule has 19 nitrogen and oxygen atoms in total.